The third-order valence-corrected chi connectivity index (χ3v) is 6.64. The molecule has 0 fully saturated rings. The fourth-order valence-corrected chi connectivity index (χ4v) is 4.59. The third kappa shape index (κ3) is 3.68. The minimum Gasteiger partial charge on any atom is -0.489 e. The summed E-state index contributed by atoms with van der Waals surface area (Å²) in [7, 11) is -3.89. The molecule has 4 rings (SSSR count). The molecule has 1 aliphatic rings. The van der Waals surface area contributed by atoms with Gasteiger partial charge in [0.2, 0.25) is 0 Å². The minimum atomic E-state index is -4.66. The molecule has 170 valence electrons. The number of hydrogen-bond acceptors (Lipinski definition) is 6. The van der Waals surface area contributed by atoms with Gasteiger partial charge in [0.05, 0.1) is 41.4 Å². The topological polar surface area (TPSA) is 93.9 Å². The summed E-state index contributed by atoms with van der Waals surface area (Å²) < 4.78 is 72.0. The first kappa shape index (κ1) is 22.1. The van der Waals surface area contributed by atoms with Crippen LogP contribution in [0.4, 0.5) is 19.0 Å². The quantitative estimate of drug-likeness (QED) is 0.569. The maximum Gasteiger partial charge on any atom is 0.417 e. The van der Waals surface area contributed by atoms with Gasteiger partial charge in [0.25, 0.3) is 5.91 Å². The van der Waals surface area contributed by atoms with Gasteiger partial charge in [0.1, 0.15) is 11.4 Å². The average molecular weight is 468 g/mol. The van der Waals surface area contributed by atoms with E-state index < -0.39 is 27.5 Å². The molecule has 0 saturated heterocycles. The number of carbonyl (C=O) groups excluding carboxylic acids is 1. The van der Waals surface area contributed by atoms with Crippen LogP contribution in [0.25, 0.3) is 5.65 Å². The standard InChI is InChI=1S/C20H19F3N4O4S/c1-4-32(29,30)19-17(25-16-6-5-13(9-26(16)19)31-11(2)3)27-10-15-14(18(27)28)7-12(8-24-15)20(21,22)23/h5-9,11H,4,10H2,1-3H3. The summed E-state index contributed by atoms with van der Waals surface area (Å²) in [5, 5.41) is -0.235. The average Bonchev–Trinajstić information content (AvgIpc) is 3.24. The summed E-state index contributed by atoms with van der Waals surface area (Å²) in [5.74, 6) is -0.830. The van der Waals surface area contributed by atoms with Gasteiger partial charge in [-0.25, -0.2) is 13.4 Å². The summed E-state index contributed by atoms with van der Waals surface area (Å²) in [6.07, 6.45) is -2.71. The Hall–Kier alpha value is -3.15. The van der Waals surface area contributed by atoms with Crippen LogP contribution < -0.4 is 9.64 Å². The van der Waals surface area contributed by atoms with Crippen LogP contribution in [0.1, 0.15) is 42.4 Å². The van der Waals surface area contributed by atoms with Gasteiger partial charge >= 0.3 is 6.18 Å². The highest BCUT2D eigenvalue weighted by atomic mass is 32.2. The molecule has 1 amide bonds. The van der Waals surface area contributed by atoms with E-state index in [-0.39, 0.29) is 46.1 Å². The zero-order chi connectivity index (χ0) is 23.4. The molecule has 0 saturated carbocycles. The Balaban J connectivity index is 1.87. The van der Waals surface area contributed by atoms with E-state index in [0.29, 0.717) is 11.9 Å². The van der Waals surface area contributed by atoms with Crippen LogP contribution in [0, 0.1) is 0 Å². The fraction of sp³-hybridized carbons (Fsp3) is 0.350. The van der Waals surface area contributed by atoms with E-state index in [4.69, 9.17) is 4.74 Å². The Morgan fingerprint density at radius 2 is 1.97 bits per heavy atom. The Bertz CT molecular complexity index is 1330. The number of pyridine rings is 2. The van der Waals surface area contributed by atoms with E-state index in [9.17, 15) is 26.4 Å². The number of sulfone groups is 1. The molecule has 4 heterocycles. The lowest BCUT2D eigenvalue weighted by atomic mass is 10.1. The van der Waals surface area contributed by atoms with Crippen LogP contribution in [0.5, 0.6) is 5.75 Å². The van der Waals surface area contributed by atoms with Gasteiger partial charge in [0.15, 0.2) is 20.7 Å². The summed E-state index contributed by atoms with van der Waals surface area (Å²) in [6.45, 7) is 4.88. The number of halogens is 3. The molecule has 3 aromatic rings. The van der Waals surface area contributed by atoms with Gasteiger partial charge < -0.3 is 4.74 Å². The molecule has 3 aromatic heterocycles. The van der Waals surface area contributed by atoms with Gasteiger partial charge in [-0.2, -0.15) is 13.2 Å². The highest BCUT2D eigenvalue weighted by Gasteiger charge is 2.39. The number of nitrogens with zero attached hydrogens (tertiary/aromatic N) is 4. The molecule has 0 atom stereocenters. The number of ether oxygens (including phenoxy) is 1. The van der Waals surface area contributed by atoms with E-state index in [1.165, 1.54) is 17.5 Å². The Labute approximate surface area is 181 Å². The van der Waals surface area contributed by atoms with E-state index in [1.54, 1.807) is 12.1 Å². The predicted octanol–water partition coefficient (Wildman–Crippen LogP) is 3.49. The van der Waals surface area contributed by atoms with E-state index in [0.717, 1.165) is 11.0 Å². The molecule has 0 bridgehead atoms. The Kier molecular flexibility index (Phi) is 5.15. The summed E-state index contributed by atoms with van der Waals surface area (Å²) in [5.41, 5.74) is -0.932. The number of rotatable bonds is 5. The normalized spacial score (nSPS) is 14.5. The van der Waals surface area contributed by atoms with Crippen molar-refractivity contribution < 1.29 is 31.1 Å². The second kappa shape index (κ2) is 7.47. The number of fused-ring (bicyclic) bond motifs is 2. The second-order valence-corrected chi connectivity index (χ2v) is 9.70. The Morgan fingerprint density at radius 3 is 2.59 bits per heavy atom. The van der Waals surface area contributed by atoms with E-state index in [2.05, 4.69) is 9.97 Å². The van der Waals surface area contributed by atoms with Crippen LogP contribution >= 0.6 is 0 Å². The highest BCUT2D eigenvalue weighted by Crippen LogP contribution is 2.36. The number of anilines is 1. The summed E-state index contributed by atoms with van der Waals surface area (Å²) in [4.78, 5) is 22.1. The minimum absolute atomic E-state index is 0.115. The van der Waals surface area contributed by atoms with E-state index >= 15 is 0 Å². The zero-order valence-corrected chi connectivity index (χ0v) is 18.2. The molecular formula is C20H19F3N4O4S. The van der Waals surface area contributed by atoms with Crippen molar-refractivity contribution in [3.05, 3.63) is 47.4 Å². The van der Waals surface area contributed by atoms with Crippen molar-refractivity contribution in [1.29, 1.82) is 0 Å². The molecule has 0 aliphatic carbocycles. The van der Waals surface area contributed by atoms with Crippen molar-refractivity contribution in [3.63, 3.8) is 0 Å². The Morgan fingerprint density at radius 1 is 1.25 bits per heavy atom. The second-order valence-electron chi connectivity index (χ2n) is 7.51. The molecule has 0 spiro atoms. The first-order valence-corrected chi connectivity index (χ1v) is 11.4. The van der Waals surface area contributed by atoms with Gasteiger partial charge in [-0.05, 0) is 32.0 Å². The van der Waals surface area contributed by atoms with Gasteiger partial charge in [-0.1, -0.05) is 6.92 Å². The SMILES string of the molecule is CCS(=O)(=O)c1c(N2Cc3ncc(C(F)(F)F)cc3C2=O)nc2ccc(OC(C)C)cn12. The molecular weight excluding hydrogens is 449 g/mol. The molecule has 32 heavy (non-hydrogen) atoms. The molecule has 12 heteroatoms. The van der Waals surface area contributed by atoms with Gasteiger partial charge in [0, 0.05) is 6.20 Å². The zero-order valence-electron chi connectivity index (χ0n) is 17.3. The van der Waals surface area contributed by atoms with Crippen LogP contribution in [0.15, 0.2) is 35.6 Å². The number of aromatic nitrogens is 3. The summed E-state index contributed by atoms with van der Waals surface area (Å²) >= 11 is 0. The number of imidazole rings is 1. The number of carbonyl (C=O) groups is 1. The lowest BCUT2D eigenvalue weighted by Gasteiger charge is -2.15. The lowest BCUT2D eigenvalue weighted by molar-refractivity contribution is -0.137. The molecule has 0 unspecified atom stereocenters. The molecule has 1 aliphatic heterocycles. The van der Waals surface area contributed by atoms with Crippen molar-refractivity contribution in [3.8, 4) is 5.75 Å². The smallest absolute Gasteiger partial charge is 0.417 e. The van der Waals surface area contributed by atoms with Crippen LogP contribution in [-0.4, -0.2) is 40.6 Å². The first-order valence-electron chi connectivity index (χ1n) is 9.72. The number of hydrogen-bond donors (Lipinski definition) is 0. The van der Waals surface area contributed by atoms with Gasteiger partial charge in [-0.15, -0.1) is 0 Å². The maximum atomic E-state index is 13.1. The van der Waals surface area contributed by atoms with Crippen molar-refractivity contribution in [1.82, 2.24) is 14.4 Å². The van der Waals surface area contributed by atoms with Crippen LogP contribution in [-0.2, 0) is 22.6 Å². The summed E-state index contributed by atoms with van der Waals surface area (Å²) in [6, 6.07) is 3.89. The van der Waals surface area contributed by atoms with Crippen molar-refractivity contribution in [2.24, 2.45) is 0 Å². The highest BCUT2D eigenvalue weighted by molar-refractivity contribution is 7.91. The van der Waals surface area contributed by atoms with Crippen LogP contribution in [0.2, 0.25) is 0 Å². The van der Waals surface area contributed by atoms with E-state index in [1.807, 2.05) is 13.8 Å². The molecule has 0 aromatic carbocycles. The van der Waals surface area contributed by atoms with Gasteiger partial charge in [-0.3, -0.25) is 19.1 Å². The lowest BCUT2D eigenvalue weighted by Crippen LogP contribution is -2.26. The monoisotopic (exact) mass is 468 g/mol. The fourth-order valence-electron chi connectivity index (χ4n) is 3.43. The molecule has 0 N–H and O–H groups in total. The predicted molar refractivity (Wildman–Crippen MR) is 108 cm³/mol. The van der Waals surface area contributed by atoms with Crippen molar-refractivity contribution in [2.75, 3.05) is 10.7 Å². The number of alkyl halides is 3. The largest absolute Gasteiger partial charge is 0.489 e. The molecule has 8 nitrogen and oxygen atoms in total. The maximum absolute atomic E-state index is 13.1. The number of amides is 1. The van der Waals surface area contributed by atoms with Crippen molar-refractivity contribution >= 4 is 27.2 Å². The molecule has 0 radical (unpaired) electrons. The first-order chi connectivity index (χ1) is 14.9. The van der Waals surface area contributed by atoms with Crippen LogP contribution in [0.3, 0.4) is 0 Å². The third-order valence-electron chi connectivity index (χ3n) is 4.91. The van der Waals surface area contributed by atoms with Crippen molar-refractivity contribution in [2.45, 2.75) is 44.6 Å².